The molecule has 0 amide bonds. The summed E-state index contributed by atoms with van der Waals surface area (Å²) in [5.74, 6) is -0.401. The van der Waals surface area contributed by atoms with E-state index in [1.165, 1.54) is 18.2 Å². The fraction of sp³-hybridized carbons (Fsp3) is 0.389. The van der Waals surface area contributed by atoms with E-state index in [4.69, 9.17) is 16.3 Å². The van der Waals surface area contributed by atoms with Crippen molar-refractivity contribution in [3.63, 3.8) is 0 Å². The summed E-state index contributed by atoms with van der Waals surface area (Å²) in [6.07, 6.45) is 3.84. The molecule has 1 N–H and O–H groups in total. The van der Waals surface area contributed by atoms with Crippen LogP contribution in [0, 0.1) is 5.82 Å². The van der Waals surface area contributed by atoms with E-state index in [1.807, 2.05) is 12.1 Å². The van der Waals surface area contributed by atoms with Gasteiger partial charge in [-0.3, -0.25) is 9.88 Å². The summed E-state index contributed by atoms with van der Waals surface area (Å²) in [6.45, 7) is 2.64. The third kappa shape index (κ3) is 4.51. The molecule has 4 nitrogen and oxygen atoms in total. The third-order valence-corrected chi connectivity index (χ3v) is 4.54. The topological polar surface area (TPSA) is 45.6 Å². The molecule has 0 spiro atoms. The van der Waals surface area contributed by atoms with Gasteiger partial charge >= 0.3 is 0 Å². The average Bonchev–Trinajstić information content (AvgIpc) is 3.01. The molecule has 24 heavy (non-hydrogen) atoms. The SMILES string of the molecule is OC(CN1CCC(OCc2ccncc2)C1)c1ccc(F)cc1Cl. The van der Waals surface area contributed by atoms with Crippen LogP contribution in [-0.4, -0.2) is 40.7 Å². The molecular weight excluding hydrogens is 331 g/mol. The highest BCUT2D eigenvalue weighted by Crippen LogP contribution is 2.26. The fourth-order valence-electron chi connectivity index (χ4n) is 2.91. The number of pyridine rings is 1. The summed E-state index contributed by atoms with van der Waals surface area (Å²) >= 11 is 6.01. The Labute approximate surface area is 145 Å². The number of aliphatic hydroxyl groups excluding tert-OH is 1. The number of likely N-dealkylation sites (tertiary alicyclic amines) is 1. The lowest BCUT2D eigenvalue weighted by atomic mass is 10.1. The quantitative estimate of drug-likeness (QED) is 0.869. The van der Waals surface area contributed by atoms with Crippen molar-refractivity contribution in [1.82, 2.24) is 9.88 Å². The Hall–Kier alpha value is -1.53. The van der Waals surface area contributed by atoms with Crippen molar-refractivity contribution in [2.24, 2.45) is 0 Å². The Morgan fingerprint density at radius 3 is 2.88 bits per heavy atom. The Balaban J connectivity index is 1.48. The molecule has 1 aromatic heterocycles. The van der Waals surface area contributed by atoms with Gasteiger partial charge in [0.25, 0.3) is 0 Å². The number of aromatic nitrogens is 1. The Bertz CT molecular complexity index is 671. The second-order valence-electron chi connectivity index (χ2n) is 6.02. The van der Waals surface area contributed by atoms with Crippen LogP contribution in [0.4, 0.5) is 4.39 Å². The number of aliphatic hydroxyl groups is 1. The standard InChI is InChI=1S/C18H20ClFN2O2/c19-17-9-14(20)1-2-16(17)18(23)11-22-8-5-15(10-22)24-12-13-3-6-21-7-4-13/h1-4,6-7,9,15,18,23H,5,8,10-12H2. The van der Waals surface area contributed by atoms with E-state index in [-0.39, 0.29) is 11.1 Å². The van der Waals surface area contributed by atoms with Crippen molar-refractivity contribution in [2.75, 3.05) is 19.6 Å². The molecule has 0 radical (unpaired) electrons. The number of hydrogen-bond donors (Lipinski definition) is 1. The number of ether oxygens (including phenoxy) is 1. The molecule has 3 rings (SSSR count). The maximum absolute atomic E-state index is 13.1. The van der Waals surface area contributed by atoms with Crippen LogP contribution in [0.15, 0.2) is 42.7 Å². The van der Waals surface area contributed by atoms with E-state index < -0.39 is 11.9 Å². The lowest BCUT2D eigenvalue weighted by molar-refractivity contribution is 0.0416. The van der Waals surface area contributed by atoms with Gasteiger partial charge in [-0.1, -0.05) is 17.7 Å². The van der Waals surface area contributed by atoms with Gasteiger partial charge in [0.05, 0.1) is 18.8 Å². The maximum Gasteiger partial charge on any atom is 0.124 e. The van der Waals surface area contributed by atoms with Gasteiger partial charge in [-0.25, -0.2) is 4.39 Å². The Morgan fingerprint density at radius 1 is 1.33 bits per heavy atom. The summed E-state index contributed by atoms with van der Waals surface area (Å²) < 4.78 is 19.0. The molecule has 1 aliphatic rings. The number of halogens is 2. The van der Waals surface area contributed by atoms with E-state index in [1.54, 1.807) is 12.4 Å². The Kier molecular flexibility index (Phi) is 5.79. The van der Waals surface area contributed by atoms with Crippen LogP contribution in [-0.2, 0) is 11.3 Å². The number of hydrogen-bond acceptors (Lipinski definition) is 4. The summed E-state index contributed by atoms with van der Waals surface area (Å²) in [5, 5.41) is 10.6. The summed E-state index contributed by atoms with van der Waals surface area (Å²) in [5.41, 5.74) is 1.65. The van der Waals surface area contributed by atoms with E-state index >= 15 is 0 Å². The third-order valence-electron chi connectivity index (χ3n) is 4.22. The molecule has 2 unspecified atom stereocenters. The zero-order chi connectivity index (χ0) is 16.9. The normalized spacial score (nSPS) is 19.5. The van der Waals surface area contributed by atoms with Crippen molar-refractivity contribution < 1.29 is 14.2 Å². The van der Waals surface area contributed by atoms with E-state index in [0.29, 0.717) is 18.7 Å². The van der Waals surface area contributed by atoms with Crippen molar-refractivity contribution in [2.45, 2.75) is 25.2 Å². The zero-order valence-corrected chi connectivity index (χ0v) is 14.0. The predicted molar refractivity (Wildman–Crippen MR) is 90.2 cm³/mol. The summed E-state index contributed by atoms with van der Waals surface area (Å²) in [6, 6.07) is 7.95. The first-order valence-corrected chi connectivity index (χ1v) is 8.35. The highest BCUT2D eigenvalue weighted by molar-refractivity contribution is 6.31. The van der Waals surface area contributed by atoms with Gasteiger partial charge in [0.2, 0.25) is 0 Å². The minimum Gasteiger partial charge on any atom is -0.387 e. The molecule has 6 heteroatoms. The fourth-order valence-corrected chi connectivity index (χ4v) is 3.20. The Morgan fingerprint density at radius 2 is 2.12 bits per heavy atom. The molecule has 128 valence electrons. The number of benzene rings is 1. The average molecular weight is 351 g/mol. The zero-order valence-electron chi connectivity index (χ0n) is 13.2. The predicted octanol–water partition coefficient (Wildman–Crippen LogP) is 3.20. The van der Waals surface area contributed by atoms with Gasteiger partial charge in [0.15, 0.2) is 0 Å². The first-order valence-electron chi connectivity index (χ1n) is 7.97. The van der Waals surface area contributed by atoms with Crippen LogP contribution in [0.5, 0.6) is 0 Å². The molecule has 1 aromatic carbocycles. The minimum atomic E-state index is -0.739. The van der Waals surface area contributed by atoms with Crippen LogP contribution in [0.3, 0.4) is 0 Å². The van der Waals surface area contributed by atoms with Gasteiger partial charge in [0, 0.05) is 42.6 Å². The van der Waals surface area contributed by atoms with Crippen LogP contribution < -0.4 is 0 Å². The molecular formula is C18H20ClFN2O2. The molecule has 1 fully saturated rings. The molecule has 0 saturated carbocycles. The second-order valence-corrected chi connectivity index (χ2v) is 6.43. The molecule has 1 aliphatic heterocycles. The largest absolute Gasteiger partial charge is 0.387 e. The van der Waals surface area contributed by atoms with Crippen LogP contribution in [0.25, 0.3) is 0 Å². The highest BCUT2D eigenvalue weighted by Gasteiger charge is 2.25. The van der Waals surface area contributed by atoms with Gasteiger partial charge in [0.1, 0.15) is 5.82 Å². The maximum atomic E-state index is 13.1. The molecule has 2 aromatic rings. The highest BCUT2D eigenvalue weighted by atomic mass is 35.5. The minimum absolute atomic E-state index is 0.147. The van der Waals surface area contributed by atoms with Crippen molar-refractivity contribution in [3.8, 4) is 0 Å². The first-order chi connectivity index (χ1) is 11.6. The van der Waals surface area contributed by atoms with E-state index in [2.05, 4.69) is 9.88 Å². The van der Waals surface area contributed by atoms with Crippen molar-refractivity contribution in [3.05, 3.63) is 64.7 Å². The van der Waals surface area contributed by atoms with Gasteiger partial charge in [-0.2, -0.15) is 0 Å². The summed E-state index contributed by atoms with van der Waals surface area (Å²) in [4.78, 5) is 6.13. The monoisotopic (exact) mass is 350 g/mol. The number of nitrogens with zero attached hydrogens (tertiary/aromatic N) is 2. The second kappa shape index (κ2) is 8.03. The molecule has 0 bridgehead atoms. The molecule has 2 atom stereocenters. The van der Waals surface area contributed by atoms with Gasteiger partial charge in [-0.15, -0.1) is 0 Å². The van der Waals surface area contributed by atoms with Crippen molar-refractivity contribution >= 4 is 11.6 Å². The first kappa shape index (κ1) is 17.3. The smallest absolute Gasteiger partial charge is 0.124 e. The van der Waals surface area contributed by atoms with Crippen LogP contribution >= 0.6 is 11.6 Å². The summed E-state index contributed by atoms with van der Waals surface area (Å²) in [7, 11) is 0. The molecule has 1 saturated heterocycles. The van der Waals surface area contributed by atoms with Gasteiger partial charge in [-0.05, 0) is 36.2 Å². The molecule has 2 heterocycles. The van der Waals surface area contributed by atoms with Crippen LogP contribution in [0.1, 0.15) is 23.7 Å². The van der Waals surface area contributed by atoms with E-state index in [0.717, 1.165) is 25.1 Å². The van der Waals surface area contributed by atoms with E-state index in [9.17, 15) is 9.50 Å². The lowest BCUT2D eigenvalue weighted by Gasteiger charge is -2.21. The van der Waals surface area contributed by atoms with Gasteiger partial charge < -0.3 is 9.84 Å². The number of β-amino-alcohol motifs (C(OH)–C–C–N with tert-alkyl or cyclic N) is 1. The van der Waals surface area contributed by atoms with Crippen LogP contribution in [0.2, 0.25) is 5.02 Å². The van der Waals surface area contributed by atoms with Crippen molar-refractivity contribution in [1.29, 1.82) is 0 Å². The lowest BCUT2D eigenvalue weighted by Crippen LogP contribution is -2.28. The molecule has 0 aliphatic carbocycles. The number of rotatable bonds is 6.